The molecule has 0 saturated carbocycles. The molecule has 0 fully saturated rings. The van der Waals surface area contributed by atoms with Gasteiger partial charge in [0.1, 0.15) is 5.75 Å². The molecule has 3 aromatic carbocycles. The van der Waals surface area contributed by atoms with Gasteiger partial charge in [0.25, 0.3) is 11.6 Å². The first kappa shape index (κ1) is 19.2. The molecule has 1 N–H and O–H groups in total. The van der Waals surface area contributed by atoms with Crippen LogP contribution in [0.5, 0.6) is 5.75 Å². The van der Waals surface area contributed by atoms with Crippen LogP contribution in [0.3, 0.4) is 0 Å². The number of methoxy groups -OCH3 is 1. The molecule has 7 heteroatoms. The highest BCUT2D eigenvalue weighted by atomic mass is 16.6. The summed E-state index contributed by atoms with van der Waals surface area (Å²) in [5.41, 5.74) is 6.15. The zero-order chi connectivity index (χ0) is 21.1. The van der Waals surface area contributed by atoms with Crippen LogP contribution in [0.2, 0.25) is 0 Å². The lowest BCUT2D eigenvalue weighted by molar-refractivity contribution is -0.384. The van der Waals surface area contributed by atoms with Crippen molar-refractivity contribution >= 4 is 17.3 Å². The quantitative estimate of drug-likeness (QED) is 0.508. The van der Waals surface area contributed by atoms with Gasteiger partial charge < -0.3 is 4.74 Å². The Morgan fingerprint density at radius 2 is 1.67 bits per heavy atom. The maximum Gasteiger partial charge on any atom is 0.273 e. The lowest BCUT2D eigenvalue weighted by Gasteiger charge is -2.25. The van der Waals surface area contributed by atoms with Crippen LogP contribution in [0.15, 0.2) is 84.9 Å². The van der Waals surface area contributed by atoms with Crippen LogP contribution in [0.25, 0.3) is 5.70 Å². The molecule has 0 spiro atoms. The fourth-order valence-corrected chi connectivity index (χ4v) is 3.34. The van der Waals surface area contributed by atoms with Crippen molar-refractivity contribution in [3.63, 3.8) is 0 Å². The van der Waals surface area contributed by atoms with Gasteiger partial charge in [-0.3, -0.25) is 20.3 Å². The van der Waals surface area contributed by atoms with Crippen molar-refractivity contribution in [2.24, 2.45) is 0 Å². The zero-order valence-corrected chi connectivity index (χ0v) is 16.2. The van der Waals surface area contributed by atoms with Gasteiger partial charge in [-0.1, -0.05) is 30.3 Å². The third-order valence-corrected chi connectivity index (χ3v) is 4.93. The number of hydrazine groups is 1. The Morgan fingerprint density at radius 1 is 1.00 bits per heavy atom. The minimum absolute atomic E-state index is 0.0578. The molecule has 0 saturated heterocycles. The second-order valence-electron chi connectivity index (χ2n) is 6.76. The van der Waals surface area contributed by atoms with Crippen molar-refractivity contribution < 1.29 is 14.5 Å². The number of ether oxygens (including phenoxy) is 1. The van der Waals surface area contributed by atoms with Crippen LogP contribution in [0, 0.1) is 10.1 Å². The van der Waals surface area contributed by atoms with Crippen LogP contribution >= 0.6 is 0 Å². The number of carbonyl (C=O) groups is 1. The van der Waals surface area contributed by atoms with Gasteiger partial charge in [-0.05, 0) is 53.6 Å². The number of carbonyl (C=O) groups excluding carboxylic acids is 1. The molecule has 3 aromatic rings. The Kier molecular flexibility index (Phi) is 5.17. The molecule has 0 aromatic heterocycles. The van der Waals surface area contributed by atoms with E-state index >= 15 is 0 Å². The summed E-state index contributed by atoms with van der Waals surface area (Å²) < 4.78 is 5.21. The Morgan fingerprint density at radius 3 is 2.27 bits per heavy atom. The highest BCUT2D eigenvalue weighted by molar-refractivity contribution is 5.96. The number of non-ortho nitro benzene ring substituents is 1. The van der Waals surface area contributed by atoms with E-state index in [0.717, 1.165) is 22.6 Å². The van der Waals surface area contributed by atoms with E-state index in [1.165, 1.54) is 29.3 Å². The van der Waals surface area contributed by atoms with Crippen molar-refractivity contribution in [2.45, 2.75) is 6.04 Å². The molecule has 1 amide bonds. The van der Waals surface area contributed by atoms with Crippen LogP contribution in [0.1, 0.15) is 27.5 Å². The van der Waals surface area contributed by atoms with Gasteiger partial charge in [0.15, 0.2) is 0 Å². The summed E-state index contributed by atoms with van der Waals surface area (Å²) in [5.74, 6) is 0.467. The van der Waals surface area contributed by atoms with E-state index < -0.39 is 4.92 Å². The number of nitro groups is 1. The molecule has 30 heavy (non-hydrogen) atoms. The van der Waals surface area contributed by atoms with Crippen molar-refractivity contribution in [1.29, 1.82) is 0 Å². The Balaban J connectivity index is 1.67. The van der Waals surface area contributed by atoms with Crippen molar-refractivity contribution in [3.8, 4) is 5.75 Å². The van der Waals surface area contributed by atoms with E-state index in [1.54, 1.807) is 7.11 Å². The summed E-state index contributed by atoms with van der Waals surface area (Å²) in [4.78, 5) is 23.6. The van der Waals surface area contributed by atoms with Gasteiger partial charge >= 0.3 is 0 Å². The standard InChI is InChI=1S/C23H19N3O4/c1-30-20-13-9-16(10-14-20)21-15-22(17-5-3-2-4-6-17)25(24-21)23(27)18-7-11-19(12-8-18)26(28)29/h2-15,22,24H,1H3/t22-/m0/s1. The molecule has 7 nitrogen and oxygen atoms in total. The number of hydrogen-bond acceptors (Lipinski definition) is 5. The van der Waals surface area contributed by atoms with E-state index in [0.29, 0.717) is 5.56 Å². The first-order valence-electron chi connectivity index (χ1n) is 9.32. The van der Waals surface area contributed by atoms with E-state index in [4.69, 9.17) is 4.74 Å². The van der Waals surface area contributed by atoms with Crippen molar-refractivity contribution in [3.05, 3.63) is 112 Å². The minimum Gasteiger partial charge on any atom is -0.497 e. The Bertz CT molecular complexity index is 1090. The number of nitro benzene ring substituents is 1. The molecule has 1 heterocycles. The van der Waals surface area contributed by atoms with Gasteiger partial charge in [-0.2, -0.15) is 0 Å². The van der Waals surface area contributed by atoms with Crippen molar-refractivity contribution in [2.75, 3.05) is 7.11 Å². The molecule has 1 atom stereocenters. The first-order valence-corrected chi connectivity index (χ1v) is 9.32. The number of amides is 1. The fraction of sp³-hybridized carbons (Fsp3) is 0.0870. The van der Waals surface area contributed by atoms with E-state index in [-0.39, 0.29) is 17.6 Å². The fourth-order valence-electron chi connectivity index (χ4n) is 3.34. The minimum atomic E-state index is -0.488. The maximum atomic E-state index is 13.2. The summed E-state index contributed by atoms with van der Waals surface area (Å²) in [6.45, 7) is 0. The third-order valence-electron chi connectivity index (χ3n) is 4.93. The highest BCUT2D eigenvalue weighted by Gasteiger charge is 2.31. The average molecular weight is 401 g/mol. The molecular formula is C23H19N3O4. The van der Waals surface area contributed by atoms with Gasteiger partial charge in [0, 0.05) is 17.7 Å². The van der Waals surface area contributed by atoms with Gasteiger partial charge in [-0.25, -0.2) is 5.01 Å². The molecule has 1 aliphatic rings. The monoisotopic (exact) mass is 401 g/mol. The summed E-state index contributed by atoms with van der Waals surface area (Å²) in [5, 5.41) is 12.4. The molecule has 1 aliphatic heterocycles. The lowest BCUT2D eigenvalue weighted by Crippen LogP contribution is -2.39. The summed E-state index contributed by atoms with van der Waals surface area (Å²) in [6.07, 6.45) is 1.99. The van der Waals surface area contributed by atoms with E-state index in [1.807, 2.05) is 60.7 Å². The van der Waals surface area contributed by atoms with Crippen molar-refractivity contribution in [1.82, 2.24) is 10.4 Å². The molecule has 150 valence electrons. The predicted octanol–water partition coefficient (Wildman–Crippen LogP) is 4.35. The molecule has 0 aliphatic carbocycles. The molecule has 0 radical (unpaired) electrons. The Hall–Kier alpha value is -4.13. The average Bonchev–Trinajstić information content (AvgIpc) is 3.25. The van der Waals surface area contributed by atoms with Gasteiger partial charge in [0.2, 0.25) is 0 Å². The topological polar surface area (TPSA) is 84.7 Å². The van der Waals surface area contributed by atoms with Crippen LogP contribution in [0.4, 0.5) is 5.69 Å². The summed E-state index contributed by atoms with van der Waals surface area (Å²) >= 11 is 0. The number of hydrogen-bond donors (Lipinski definition) is 1. The first-order chi connectivity index (χ1) is 14.6. The van der Waals surface area contributed by atoms with Crippen LogP contribution in [-0.2, 0) is 0 Å². The van der Waals surface area contributed by atoms with E-state index in [2.05, 4.69) is 5.43 Å². The largest absolute Gasteiger partial charge is 0.497 e. The highest BCUT2D eigenvalue weighted by Crippen LogP contribution is 2.33. The van der Waals surface area contributed by atoms with E-state index in [9.17, 15) is 14.9 Å². The number of benzene rings is 3. The summed E-state index contributed by atoms with van der Waals surface area (Å²) in [6, 6.07) is 22.5. The predicted molar refractivity (Wildman–Crippen MR) is 113 cm³/mol. The zero-order valence-electron chi connectivity index (χ0n) is 16.2. The number of nitrogens with zero attached hydrogens (tertiary/aromatic N) is 2. The second kappa shape index (κ2) is 8.08. The Labute approximate surface area is 173 Å². The van der Waals surface area contributed by atoms with Gasteiger partial charge in [0.05, 0.1) is 23.8 Å². The SMILES string of the molecule is COc1ccc(C2=C[C@@H](c3ccccc3)N(C(=O)c3ccc([N+](=O)[O-])cc3)N2)cc1. The molecule has 0 bridgehead atoms. The molecule has 0 unspecified atom stereocenters. The number of nitrogens with one attached hydrogen (secondary N) is 1. The maximum absolute atomic E-state index is 13.2. The number of rotatable bonds is 5. The van der Waals surface area contributed by atoms with Crippen LogP contribution in [-0.4, -0.2) is 22.9 Å². The molecular weight excluding hydrogens is 382 g/mol. The van der Waals surface area contributed by atoms with Crippen LogP contribution < -0.4 is 10.2 Å². The normalized spacial score (nSPS) is 15.3. The smallest absolute Gasteiger partial charge is 0.273 e. The third kappa shape index (κ3) is 3.73. The van der Waals surface area contributed by atoms with Gasteiger partial charge in [-0.15, -0.1) is 0 Å². The second-order valence-corrected chi connectivity index (χ2v) is 6.76. The lowest BCUT2D eigenvalue weighted by atomic mass is 10.0. The molecule has 4 rings (SSSR count). The summed E-state index contributed by atoms with van der Waals surface area (Å²) in [7, 11) is 1.61.